The van der Waals surface area contributed by atoms with Crippen molar-refractivity contribution in [1.82, 2.24) is 10.3 Å². The smallest absolute Gasteiger partial charge is 0.126 e. The minimum atomic E-state index is -0.206. The molecule has 0 fully saturated rings. The Labute approximate surface area is 119 Å². The van der Waals surface area contributed by atoms with Gasteiger partial charge in [0.25, 0.3) is 0 Å². The van der Waals surface area contributed by atoms with Gasteiger partial charge in [0.1, 0.15) is 11.6 Å². The van der Waals surface area contributed by atoms with E-state index in [-0.39, 0.29) is 11.9 Å². The van der Waals surface area contributed by atoms with E-state index in [1.165, 1.54) is 6.07 Å². The molecule has 1 heterocycles. The highest BCUT2D eigenvalue weighted by molar-refractivity contribution is 5.40. The highest BCUT2D eigenvalue weighted by Crippen LogP contribution is 2.22. The van der Waals surface area contributed by atoms with Crippen molar-refractivity contribution in [3.8, 4) is 0 Å². The summed E-state index contributed by atoms with van der Waals surface area (Å²) in [5, 5.41) is 3.38. The Hall–Kier alpha value is -1.94. The quantitative estimate of drug-likeness (QED) is 0.880. The van der Waals surface area contributed by atoms with Crippen molar-refractivity contribution >= 4 is 5.82 Å². The summed E-state index contributed by atoms with van der Waals surface area (Å²) in [6, 6.07) is 8.96. The molecule has 2 aromatic rings. The van der Waals surface area contributed by atoms with Crippen LogP contribution in [0.25, 0.3) is 0 Å². The third-order valence-electron chi connectivity index (χ3n) is 3.27. The molecule has 0 saturated heterocycles. The predicted molar refractivity (Wildman–Crippen MR) is 79.9 cm³/mol. The second-order valence-corrected chi connectivity index (χ2v) is 4.92. The van der Waals surface area contributed by atoms with Crippen molar-refractivity contribution in [1.29, 1.82) is 0 Å². The Morgan fingerprint density at radius 1 is 1.35 bits per heavy atom. The standard InChI is InChI=1S/C16H20FN3/c1-3-19-15(10-12-5-4-6-20-16(12)18)13-7-11(2)8-14(17)9-13/h4-9,15,19H,3,10H2,1-2H3,(H2,18,20). The van der Waals surface area contributed by atoms with Crippen molar-refractivity contribution < 1.29 is 4.39 Å². The molecule has 106 valence electrons. The van der Waals surface area contributed by atoms with Crippen LogP contribution in [0, 0.1) is 12.7 Å². The molecule has 0 aliphatic carbocycles. The number of hydrogen-bond donors (Lipinski definition) is 2. The minimum Gasteiger partial charge on any atom is -0.383 e. The summed E-state index contributed by atoms with van der Waals surface area (Å²) in [5.74, 6) is 0.325. The molecule has 0 amide bonds. The zero-order valence-electron chi connectivity index (χ0n) is 11.9. The highest BCUT2D eigenvalue weighted by Gasteiger charge is 2.14. The van der Waals surface area contributed by atoms with Gasteiger partial charge in [-0.3, -0.25) is 0 Å². The van der Waals surface area contributed by atoms with Gasteiger partial charge in [-0.05, 0) is 54.8 Å². The molecular formula is C16H20FN3. The SMILES string of the molecule is CCNC(Cc1cccnc1N)c1cc(C)cc(F)c1. The van der Waals surface area contributed by atoms with E-state index in [0.29, 0.717) is 12.2 Å². The predicted octanol–water partition coefficient (Wildman–Crippen LogP) is 3.00. The Kier molecular flexibility index (Phi) is 4.69. The first-order valence-electron chi connectivity index (χ1n) is 6.80. The van der Waals surface area contributed by atoms with Crippen LogP contribution in [0.15, 0.2) is 36.5 Å². The van der Waals surface area contributed by atoms with E-state index in [1.807, 2.05) is 32.0 Å². The fourth-order valence-corrected chi connectivity index (χ4v) is 2.36. The van der Waals surface area contributed by atoms with Crippen LogP contribution in [-0.4, -0.2) is 11.5 Å². The summed E-state index contributed by atoms with van der Waals surface area (Å²) < 4.78 is 13.6. The maximum atomic E-state index is 13.6. The molecule has 3 N–H and O–H groups in total. The Morgan fingerprint density at radius 3 is 2.80 bits per heavy atom. The molecule has 3 nitrogen and oxygen atoms in total. The molecule has 0 spiro atoms. The largest absolute Gasteiger partial charge is 0.383 e. The maximum absolute atomic E-state index is 13.6. The molecule has 4 heteroatoms. The molecular weight excluding hydrogens is 253 g/mol. The maximum Gasteiger partial charge on any atom is 0.126 e. The Bertz CT molecular complexity index is 563. The lowest BCUT2D eigenvalue weighted by Gasteiger charge is -2.19. The van der Waals surface area contributed by atoms with Gasteiger partial charge in [0.05, 0.1) is 0 Å². The third-order valence-corrected chi connectivity index (χ3v) is 3.27. The number of aromatic nitrogens is 1. The number of pyridine rings is 1. The fourth-order valence-electron chi connectivity index (χ4n) is 2.36. The van der Waals surface area contributed by atoms with E-state index in [4.69, 9.17) is 5.73 Å². The van der Waals surface area contributed by atoms with Crippen LogP contribution < -0.4 is 11.1 Å². The molecule has 0 radical (unpaired) electrons. The summed E-state index contributed by atoms with van der Waals surface area (Å²) in [5.41, 5.74) is 8.72. The van der Waals surface area contributed by atoms with Crippen LogP contribution >= 0.6 is 0 Å². The van der Waals surface area contributed by atoms with Crippen LogP contribution in [0.1, 0.15) is 29.7 Å². The van der Waals surface area contributed by atoms with Crippen molar-refractivity contribution in [2.24, 2.45) is 0 Å². The highest BCUT2D eigenvalue weighted by atomic mass is 19.1. The number of likely N-dealkylation sites (N-methyl/N-ethyl adjacent to an activating group) is 1. The fraction of sp³-hybridized carbons (Fsp3) is 0.312. The second kappa shape index (κ2) is 6.48. The van der Waals surface area contributed by atoms with Crippen molar-refractivity contribution in [3.05, 3.63) is 59.0 Å². The minimum absolute atomic E-state index is 0.0286. The average Bonchev–Trinajstić information content (AvgIpc) is 2.39. The normalized spacial score (nSPS) is 12.3. The van der Waals surface area contributed by atoms with Crippen LogP contribution in [0.3, 0.4) is 0 Å². The average molecular weight is 273 g/mol. The van der Waals surface area contributed by atoms with E-state index < -0.39 is 0 Å². The first-order chi connectivity index (χ1) is 9.60. The van der Waals surface area contributed by atoms with Gasteiger partial charge < -0.3 is 11.1 Å². The van der Waals surface area contributed by atoms with Gasteiger partial charge in [-0.2, -0.15) is 0 Å². The summed E-state index contributed by atoms with van der Waals surface area (Å²) in [4.78, 5) is 4.10. The number of halogens is 1. The van der Waals surface area contributed by atoms with Gasteiger partial charge in [-0.25, -0.2) is 9.37 Å². The first-order valence-corrected chi connectivity index (χ1v) is 6.80. The van der Waals surface area contributed by atoms with Crippen LogP contribution in [0.5, 0.6) is 0 Å². The molecule has 1 aromatic carbocycles. The van der Waals surface area contributed by atoms with Crippen molar-refractivity contribution in [3.63, 3.8) is 0 Å². The molecule has 1 atom stereocenters. The lowest BCUT2D eigenvalue weighted by atomic mass is 9.97. The number of nitrogen functional groups attached to an aromatic ring is 1. The Morgan fingerprint density at radius 2 is 2.15 bits per heavy atom. The number of rotatable bonds is 5. The van der Waals surface area contributed by atoms with E-state index in [9.17, 15) is 4.39 Å². The molecule has 0 aliphatic heterocycles. The number of anilines is 1. The molecule has 0 aliphatic rings. The first kappa shape index (κ1) is 14.5. The van der Waals surface area contributed by atoms with E-state index in [1.54, 1.807) is 12.3 Å². The topological polar surface area (TPSA) is 50.9 Å². The summed E-state index contributed by atoms with van der Waals surface area (Å²) in [6.45, 7) is 4.74. The zero-order valence-corrected chi connectivity index (χ0v) is 11.9. The number of nitrogens with one attached hydrogen (secondary N) is 1. The van der Waals surface area contributed by atoms with Crippen LogP contribution in [0.4, 0.5) is 10.2 Å². The number of nitrogens with zero attached hydrogens (tertiary/aromatic N) is 1. The molecule has 0 saturated carbocycles. The van der Waals surface area contributed by atoms with Gasteiger partial charge in [0.15, 0.2) is 0 Å². The molecule has 2 rings (SSSR count). The van der Waals surface area contributed by atoms with Gasteiger partial charge >= 0.3 is 0 Å². The van der Waals surface area contributed by atoms with Gasteiger partial charge in [0, 0.05) is 12.2 Å². The number of hydrogen-bond acceptors (Lipinski definition) is 3. The summed E-state index contributed by atoms with van der Waals surface area (Å²) in [6.07, 6.45) is 2.36. The third kappa shape index (κ3) is 3.54. The van der Waals surface area contributed by atoms with Gasteiger partial charge in [-0.1, -0.05) is 19.1 Å². The Balaban J connectivity index is 2.29. The van der Waals surface area contributed by atoms with E-state index in [0.717, 1.165) is 23.2 Å². The van der Waals surface area contributed by atoms with E-state index in [2.05, 4.69) is 10.3 Å². The number of nitrogens with two attached hydrogens (primary N) is 1. The zero-order chi connectivity index (χ0) is 14.5. The van der Waals surface area contributed by atoms with E-state index >= 15 is 0 Å². The van der Waals surface area contributed by atoms with Gasteiger partial charge in [-0.15, -0.1) is 0 Å². The van der Waals surface area contributed by atoms with Crippen molar-refractivity contribution in [2.75, 3.05) is 12.3 Å². The number of aryl methyl sites for hydroxylation is 1. The molecule has 0 bridgehead atoms. The molecule has 1 aromatic heterocycles. The monoisotopic (exact) mass is 273 g/mol. The van der Waals surface area contributed by atoms with Crippen LogP contribution in [-0.2, 0) is 6.42 Å². The summed E-state index contributed by atoms with van der Waals surface area (Å²) >= 11 is 0. The second-order valence-electron chi connectivity index (χ2n) is 4.92. The lowest BCUT2D eigenvalue weighted by molar-refractivity contribution is 0.542. The van der Waals surface area contributed by atoms with Crippen LogP contribution in [0.2, 0.25) is 0 Å². The molecule has 1 unspecified atom stereocenters. The number of benzene rings is 1. The van der Waals surface area contributed by atoms with Gasteiger partial charge in [0.2, 0.25) is 0 Å². The molecule has 20 heavy (non-hydrogen) atoms. The summed E-state index contributed by atoms with van der Waals surface area (Å²) in [7, 11) is 0. The lowest BCUT2D eigenvalue weighted by Crippen LogP contribution is -2.23. The van der Waals surface area contributed by atoms with Crippen molar-refractivity contribution in [2.45, 2.75) is 26.3 Å².